The van der Waals surface area contributed by atoms with Crippen molar-refractivity contribution in [2.24, 2.45) is 17.8 Å². The molecule has 5 nitrogen and oxygen atoms in total. The molecule has 0 aromatic heterocycles. The number of hydrogen-bond donors (Lipinski definition) is 2. The summed E-state index contributed by atoms with van der Waals surface area (Å²) in [5, 5.41) is 19.1. The summed E-state index contributed by atoms with van der Waals surface area (Å²) in [4.78, 5) is 17.4. The summed E-state index contributed by atoms with van der Waals surface area (Å²) in [6, 6.07) is 6.01. The number of amides is 1. The van der Waals surface area contributed by atoms with Crippen molar-refractivity contribution < 1.29 is 15.0 Å². The number of likely N-dealkylation sites (tertiary alicyclic amines) is 2. The van der Waals surface area contributed by atoms with Gasteiger partial charge in [-0.2, -0.15) is 0 Å². The number of carbonyl (C=O) groups excluding carboxylic acids is 1. The van der Waals surface area contributed by atoms with E-state index in [4.69, 9.17) is 0 Å². The van der Waals surface area contributed by atoms with Crippen LogP contribution < -0.4 is 0 Å². The maximum absolute atomic E-state index is 13.0. The quantitative estimate of drug-likeness (QED) is 0.839. The molecule has 3 rings (SSSR count). The van der Waals surface area contributed by atoms with Gasteiger partial charge in [0.05, 0.1) is 0 Å². The molecule has 2 aliphatic rings. The Morgan fingerprint density at radius 1 is 1.08 bits per heavy atom. The summed E-state index contributed by atoms with van der Waals surface area (Å²) >= 11 is 0. The molecule has 0 aliphatic carbocycles. The van der Waals surface area contributed by atoms with Crippen LogP contribution in [0.1, 0.15) is 34.3 Å². The first-order chi connectivity index (χ1) is 12.5. The molecule has 5 heteroatoms. The molecule has 1 aromatic carbocycles. The Morgan fingerprint density at radius 2 is 1.77 bits per heavy atom. The van der Waals surface area contributed by atoms with Crippen molar-refractivity contribution in [1.82, 2.24) is 9.80 Å². The summed E-state index contributed by atoms with van der Waals surface area (Å²) in [5.41, 5.74) is 2.89. The average Bonchev–Trinajstić information content (AvgIpc) is 3.06. The minimum absolute atomic E-state index is 0.0890. The van der Waals surface area contributed by atoms with Crippen LogP contribution in [0.2, 0.25) is 0 Å². The minimum Gasteiger partial charge on any atom is -0.396 e. The van der Waals surface area contributed by atoms with E-state index < -0.39 is 0 Å². The molecule has 1 aromatic rings. The standard InChI is InChI=1S/C21H32N2O3/c1-15-3-4-16(2)20(9-15)21(26)23-11-18(19(12-23)14-25)10-22-7-5-17(13-24)6-8-22/h3-4,9,17-19,24-25H,5-8,10-14H2,1-2H3/t18-,19-/m0/s1. The lowest BCUT2D eigenvalue weighted by Crippen LogP contribution is -2.40. The lowest BCUT2D eigenvalue weighted by atomic mass is 9.93. The number of rotatable bonds is 5. The number of benzene rings is 1. The number of hydrogen-bond acceptors (Lipinski definition) is 4. The van der Waals surface area contributed by atoms with Crippen LogP contribution in [0, 0.1) is 31.6 Å². The maximum Gasteiger partial charge on any atom is 0.254 e. The van der Waals surface area contributed by atoms with Gasteiger partial charge in [-0.05, 0) is 63.2 Å². The fourth-order valence-corrected chi connectivity index (χ4v) is 4.34. The third-order valence-electron chi connectivity index (χ3n) is 6.18. The van der Waals surface area contributed by atoms with Gasteiger partial charge in [0.25, 0.3) is 5.91 Å². The van der Waals surface area contributed by atoms with Crippen LogP contribution >= 0.6 is 0 Å². The molecule has 2 heterocycles. The van der Waals surface area contributed by atoms with Crippen molar-refractivity contribution in [3.8, 4) is 0 Å². The molecule has 2 atom stereocenters. The highest BCUT2D eigenvalue weighted by Gasteiger charge is 2.36. The number of aliphatic hydroxyl groups excluding tert-OH is 2. The zero-order chi connectivity index (χ0) is 18.7. The normalized spacial score (nSPS) is 25.0. The summed E-state index contributed by atoms with van der Waals surface area (Å²) in [7, 11) is 0. The SMILES string of the molecule is Cc1ccc(C)c(C(=O)N2C[C@@H](CO)[C@@H](CN3CCC(CO)CC3)C2)c1. The van der Waals surface area contributed by atoms with Crippen LogP contribution in [0.25, 0.3) is 0 Å². The predicted octanol–water partition coefficient (Wildman–Crippen LogP) is 1.69. The maximum atomic E-state index is 13.0. The van der Waals surface area contributed by atoms with E-state index in [1.807, 2.05) is 36.9 Å². The van der Waals surface area contributed by atoms with Gasteiger partial charge in [-0.1, -0.05) is 17.7 Å². The first-order valence-corrected chi connectivity index (χ1v) is 9.82. The Morgan fingerprint density at radius 3 is 2.42 bits per heavy atom. The van der Waals surface area contributed by atoms with E-state index in [0.29, 0.717) is 18.4 Å². The Kier molecular flexibility index (Phi) is 6.33. The highest BCUT2D eigenvalue weighted by atomic mass is 16.3. The van der Waals surface area contributed by atoms with Crippen LogP contribution in [-0.4, -0.2) is 71.9 Å². The van der Waals surface area contributed by atoms with Crippen molar-refractivity contribution in [3.05, 3.63) is 34.9 Å². The van der Waals surface area contributed by atoms with Crippen molar-refractivity contribution >= 4 is 5.91 Å². The second-order valence-electron chi connectivity index (χ2n) is 8.16. The summed E-state index contributed by atoms with van der Waals surface area (Å²) < 4.78 is 0. The van der Waals surface area contributed by atoms with Gasteiger partial charge in [-0.25, -0.2) is 0 Å². The highest BCUT2D eigenvalue weighted by molar-refractivity contribution is 5.96. The molecule has 2 saturated heterocycles. The Hall–Kier alpha value is -1.43. The molecular formula is C21H32N2O3. The monoisotopic (exact) mass is 360 g/mol. The topological polar surface area (TPSA) is 64.0 Å². The first kappa shape index (κ1) is 19.3. The highest BCUT2D eigenvalue weighted by Crippen LogP contribution is 2.28. The lowest BCUT2D eigenvalue weighted by molar-refractivity contribution is 0.0775. The van der Waals surface area contributed by atoms with E-state index in [2.05, 4.69) is 4.90 Å². The van der Waals surface area contributed by atoms with Gasteiger partial charge in [-0.3, -0.25) is 4.79 Å². The minimum atomic E-state index is 0.0890. The van der Waals surface area contributed by atoms with Gasteiger partial charge in [0.1, 0.15) is 0 Å². The van der Waals surface area contributed by atoms with Crippen molar-refractivity contribution in [1.29, 1.82) is 0 Å². The largest absolute Gasteiger partial charge is 0.396 e. The van der Waals surface area contributed by atoms with Crippen LogP contribution in [0.3, 0.4) is 0 Å². The molecule has 26 heavy (non-hydrogen) atoms. The van der Waals surface area contributed by atoms with Crippen molar-refractivity contribution in [3.63, 3.8) is 0 Å². The average molecular weight is 360 g/mol. The summed E-state index contributed by atoms with van der Waals surface area (Å²) in [6.07, 6.45) is 2.08. The van der Waals surface area contributed by atoms with Gasteiger partial charge >= 0.3 is 0 Å². The Balaban J connectivity index is 1.63. The van der Waals surface area contributed by atoms with Crippen molar-refractivity contribution in [2.45, 2.75) is 26.7 Å². The lowest BCUT2D eigenvalue weighted by Gasteiger charge is -2.33. The number of aliphatic hydroxyl groups is 2. The molecular weight excluding hydrogens is 328 g/mol. The predicted molar refractivity (Wildman–Crippen MR) is 102 cm³/mol. The van der Waals surface area contributed by atoms with E-state index in [0.717, 1.165) is 55.7 Å². The Labute approximate surface area is 156 Å². The van der Waals surface area contributed by atoms with E-state index in [1.54, 1.807) is 0 Å². The molecule has 1 amide bonds. The number of nitrogens with zero attached hydrogens (tertiary/aromatic N) is 2. The fraction of sp³-hybridized carbons (Fsp3) is 0.667. The molecule has 2 N–H and O–H groups in total. The molecule has 0 unspecified atom stereocenters. The number of aryl methyl sites for hydroxylation is 2. The van der Waals surface area contributed by atoms with Gasteiger partial charge < -0.3 is 20.0 Å². The molecule has 0 spiro atoms. The van der Waals surface area contributed by atoms with Gasteiger partial charge in [0, 0.05) is 44.3 Å². The Bertz CT molecular complexity index is 626. The van der Waals surface area contributed by atoms with E-state index in [9.17, 15) is 15.0 Å². The number of piperidine rings is 1. The van der Waals surface area contributed by atoms with E-state index in [-0.39, 0.29) is 25.0 Å². The van der Waals surface area contributed by atoms with Crippen LogP contribution in [0.4, 0.5) is 0 Å². The van der Waals surface area contributed by atoms with E-state index >= 15 is 0 Å². The molecule has 0 bridgehead atoms. The second kappa shape index (κ2) is 8.51. The van der Waals surface area contributed by atoms with Crippen LogP contribution in [0.15, 0.2) is 18.2 Å². The van der Waals surface area contributed by atoms with Crippen LogP contribution in [0.5, 0.6) is 0 Å². The third-order valence-corrected chi connectivity index (χ3v) is 6.18. The second-order valence-corrected chi connectivity index (χ2v) is 8.16. The van der Waals surface area contributed by atoms with Crippen molar-refractivity contribution in [2.75, 3.05) is 45.9 Å². The summed E-state index contributed by atoms with van der Waals surface area (Å²) in [5.74, 6) is 0.997. The summed E-state index contributed by atoms with van der Waals surface area (Å²) in [6.45, 7) is 8.71. The zero-order valence-electron chi connectivity index (χ0n) is 16.0. The molecule has 2 fully saturated rings. The zero-order valence-corrected chi connectivity index (χ0v) is 16.0. The smallest absolute Gasteiger partial charge is 0.254 e. The van der Waals surface area contributed by atoms with Gasteiger partial charge in [0.2, 0.25) is 0 Å². The molecule has 0 radical (unpaired) electrons. The number of carbonyl (C=O) groups is 1. The van der Waals surface area contributed by atoms with Gasteiger partial charge in [-0.15, -0.1) is 0 Å². The first-order valence-electron chi connectivity index (χ1n) is 9.82. The van der Waals surface area contributed by atoms with E-state index in [1.165, 1.54) is 0 Å². The van der Waals surface area contributed by atoms with Crippen LogP contribution in [-0.2, 0) is 0 Å². The molecule has 0 saturated carbocycles. The third kappa shape index (κ3) is 4.27. The van der Waals surface area contributed by atoms with Gasteiger partial charge in [0.15, 0.2) is 0 Å². The molecule has 2 aliphatic heterocycles. The fourth-order valence-electron chi connectivity index (χ4n) is 4.34. The molecule has 144 valence electrons.